The van der Waals surface area contributed by atoms with Crippen LogP contribution < -0.4 is 11.1 Å². The van der Waals surface area contributed by atoms with E-state index in [1.54, 1.807) is 12.1 Å². The van der Waals surface area contributed by atoms with Gasteiger partial charge in [-0.3, -0.25) is 4.79 Å². The van der Waals surface area contributed by atoms with Crippen molar-refractivity contribution >= 4 is 17.5 Å². The molecule has 1 amide bonds. The Labute approximate surface area is 126 Å². The fourth-order valence-electron chi connectivity index (χ4n) is 1.82. The Bertz CT molecular complexity index is 677. The number of nitrogens with two attached hydrogens (primary N) is 1. The number of carbonyl (C=O) groups is 1. The molecule has 0 spiro atoms. The highest BCUT2D eigenvalue weighted by Gasteiger charge is 2.12. The van der Waals surface area contributed by atoms with Crippen LogP contribution in [0.5, 0.6) is 5.75 Å². The van der Waals surface area contributed by atoms with Gasteiger partial charge in [-0.05, 0) is 29.8 Å². The van der Waals surface area contributed by atoms with Crippen LogP contribution >= 0.6 is 11.6 Å². The number of hydrogen-bond donors (Lipinski definition) is 3. The number of amides is 1. The summed E-state index contributed by atoms with van der Waals surface area (Å²) in [5.41, 5.74) is 6.58. The van der Waals surface area contributed by atoms with E-state index in [0.29, 0.717) is 11.1 Å². The van der Waals surface area contributed by atoms with Gasteiger partial charge in [0, 0.05) is 18.7 Å². The second-order valence-electron chi connectivity index (χ2n) is 4.48. The number of benzene rings is 2. The number of phenols is 1. The monoisotopic (exact) mass is 308 g/mol. The number of aromatic hydroxyl groups is 1. The minimum atomic E-state index is -0.488. The molecule has 4 N–H and O–H groups in total. The highest BCUT2D eigenvalue weighted by atomic mass is 35.5. The lowest BCUT2D eigenvalue weighted by Crippen LogP contribution is -2.23. The Hall–Kier alpha value is -2.11. The average Bonchev–Trinajstić information content (AvgIpc) is 2.48. The topological polar surface area (TPSA) is 75.3 Å². The molecule has 0 atom stereocenters. The standard InChI is InChI=1S/C15H14ClFN2O2/c16-13-4-3-11(20)6-12(13)15(21)19-8-10-2-1-9(7-18)5-14(10)17/h1-6,20H,7-8,18H2,(H,19,21). The molecule has 6 heteroatoms. The van der Waals surface area contributed by atoms with E-state index in [1.807, 2.05) is 0 Å². The Balaban J connectivity index is 2.09. The minimum absolute atomic E-state index is 0.0154. The van der Waals surface area contributed by atoms with Crippen molar-refractivity contribution in [1.82, 2.24) is 5.32 Å². The fraction of sp³-hybridized carbons (Fsp3) is 0.133. The smallest absolute Gasteiger partial charge is 0.253 e. The lowest BCUT2D eigenvalue weighted by Gasteiger charge is -2.09. The van der Waals surface area contributed by atoms with Crippen molar-refractivity contribution in [2.75, 3.05) is 0 Å². The lowest BCUT2D eigenvalue weighted by molar-refractivity contribution is 0.0950. The number of hydrogen-bond acceptors (Lipinski definition) is 3. The first-order valence-electron chi connectivity index (χ1n) is 6.25. The first kappa shape index (κ1) is 15.3. The summed E-state index contributed by atoms with van der Waals surface area (Å²) in [5.74, 6) is -0.985. The molecule has 0 aliphatic heterocycles. The van der Waals surface area contributed by atoms with Crippen LogP contribution in [0.15, 0.2) is 36.4 Å². The maximum absolute atomic E-state index is 13.8. The lowest BCUT2D eigenvalue weighted by atomic mass is 10.1. The molecule has 2 aromatic rings. The maximum atomic E-state index is 13.8. The van der Waals surface area contributed by atoms with Gasteiger partial charge in [0.2, 0.25) is 0 Å². The molecule has 0 aromatic heterocycles. The highest BCUT2D eigenvalue weighted by molar-refractivity contribution is 6.33. The Morgan fingerprint density at radius 2 is 2.05 bits per heavy atom. The van der Waals surface area contributed by atoms with Crippen molar-refractivity contribution < 1.29 is 14.3 Å². The van der Waals surface area contributed by atoms with Crippen molar-refractivity contribution in [3.05, 3.63) is 63.9 Å². The predicted molar refractivity (Wildman–Crippen MR) is 78.6 cm³/mol. The molecule has 0 aliphatic rings. The normalized spacial score (nSPS) is 10.4. The first-order chi connectivity index (χ1) is 10.0. The molecule has 0 aliphatic carbocycles. The van der Waals surface area contributed by atoms with Crippen molar-refractivity contribution in [3.63, 3.8) is 0 Å². The second-order valence-corrected chi connectivity index (χ2v) is 4.88. The van der Waals surface area contributed by atoms with Crippen LogP contribution in [-0.4, -0.2) is 11.0 Å². The molecule has 0 unspecified atom stereocenters. The largest absolute Gasteiger partial charge is 0.508 e. The number of halogens is 2. The Morgan fingerprint density at radius 3 is 2.71 bits per heavy atom. The zero-order valence-corrected chi connectivity index (χ0v) is 11.8. The summed E-state index contributed by atoms with van der Waals surface area (Å²) in [4.78, 5) is 12.0. The highest BCUT2D eigenvalue weighted by Crippen LogP contribution is 2.21. The van der Waals surface area contributed by atoms with Crippen LogP contribution in [0.2, 0.25) is 5.02 Å². The number of phenolic OH excluding ortho intramolecular Hbond substituents is 1. The van der Waals surface area contributed by atoms with Gasteiger partial charge >= 0.3 is 0 Å². The molecular weight excluding hydrogens is 295 g/mol. The third kappa shape index (κ3) is 3.71. The van der Waals surface area contributed by atoms with Crippen LogP contribution in [0.4, 0.5) is 4.39 Å². The second kappa shape index (κ2) is 6.56. The molecule has 110 valence electrons. The molecule has 0 bridgehead atoms. The van der Waals surface area contributed by atoms with E-state index in [-0.39, 0.29) is 29.4 Å². The van der Waals surface area contributed by atoms with Gasteiger partial charge in [0.15, 0.2) is 0 Å². The van der Waals surface area contributed by atoms with Crippen LogP contribution in [0.1, 0.15) is 21.5 Å². The van der Waals surface area contributed by atoms with Gasteiger partial charge in [0.05, 0.1) is 10.6 Å². The number of carbonyl (C=O) groups excluding carboxylic acids is 1. The summed E-state index contributed by atoms with van der Waals surface area (Å²) >= 11 is 5.88. The predicted octanol–water partition coefficient (Wildman–Crippen LogP) is 2.57. The van der Waals surface area contributed by atoms with E-state index in [0.717, 1.165) is 0 Å². The van der Waals surface area contributed by atoms with E-state index in [4.69, 9.17) is 17.3 Å². The SMILES string of the molecule is NCc1ccc(CNC(=O)c2cc(O)ccc2Cl)c(F)c1. The minimum Gasteiger partial charge on any atom is -0.508 e. The van der Waals surface area contributed by atoms with E-state index in [2.05, 4.69) is 5.32 Å². The zero-order valence-electron chi connectivity index (χ0n) is 11.1. The van der Waals surface area contributed by atoms with E-state index >= 15 is 0 Å². The van der Waals surface area contributed by atoms with Crippen molar-refractivity contribution in [2.45, 2.75) is 13.1 Å². The van der Waals surface area contributed by atoms with Crippen LogP contribution in [-0.2, 0) is 13.1 Å². The summed E-state index contributed by atoms with van der Waals surface area (Å²) in [6, 6.07) is 8.66. The third-order valence-corrected chi connectivity index (χ3v) is 3.32. The summed E-state index contributed by atoms with van der Waals surface area (Å²) in [7, 11) is 0. The average molecular weight is 309 g/mol. The van der Waals surface area contributed by atoms with Gasteiger partial charge in [-0.2, -0.15) is 0 Å². The van der Waals surface area contributed by atoms with Gasteiger partial charge in [0.1, 0.15) is 11.6 Å². The fourth-order valence-corrected chi connectivity index (χ4v) is 2.02. The van der Waals surface area contributed by atoms with Crippen LogP contribution in [0.25, 0.3) is 0 Å². The van der Waals surface area contributed by atoms with Crippen molar-refractivity contribution in [2.24, 2.45) is 5.73 Å². The molecule has 0 heterocycles. The zero-order chi connectivity index (χ0) is 15.4. The number of rotatable bonds is 4. The van der Waals surface area contributed by atoms with Crippen molar-refractivity contribution in [3.8, 4) is 5.75 Å². The molecule has 0 fully saturated rings. The van der Waals surface area contributed by atoms with Crippen LogP contribution in [0.3, 0.4) is 0 Å². The molecule has 2 aromatic carbocycles. The van der Waals surface area contributed by atoms with Gasteiger partial charge in [-0.1, -0.05) is 23.7 Å². The molecular formula is C15H14ClFN2O2. The molecule has 0 saturated heterocycles. The third-order valence-electron chi connectivity index (χ3n) is 2.99. The first-order valence-corrected chi connectivity index (χ1v) is 6.63. The van der Waals surface area contributed by atoms with E-state index < -0.39 is 11.7 Å². The molecule has 0 saturated carbocycles. The van der Waals surface area contributed by atoms with Gasteiger partial charge in [-0.25, -0.2) is 4.39 Å². The maximum Gasteiger partial charge on any atom is 0.253 e. The van der Waals surface area contributed by atoms with Gasteiger partial charge < -0.3 is 16.2 Å². The van der Waals surface area contributed by atoms with E-state index in [9.17, 15) is 14.3 Å². The molecule has 2 rings (SSSR count). The number of nitrogens with one attached hydrogen (secondary N) is 1. The van der Waals surface area contributed by atoms with Gasteiger partial charge in [0.25, 0.3) is 5.91 Å². The van der Waals surface area contributed by atoms with Crippen LogP contribution in [0, 0.1) is 5.82 Å². The summed E-state index contributed by atoms with van der Waals surface area (Å²) < 4.78 is 13.8. The summed E-state index contributed by atoms with van der Waals surface area (Å²) in [6.45, 7) is 0.268. The molecule has 0 radical (unpaired) electrons. The Kier molecular flexibility index (Phi) is 4.77. The molecule has 21 heavy (non-hydrogen) atoms. The summed E-state index contributed by atoms with van der Waals surface area (Å²) in [6.07, 6.45) is 0. The van der Waals surface area contributed by atoms with Crippen molar-refractivity contribution in [1.29, 1.82) is 0 Å². The quantitative estimate of drug-likeness (QED) is 0.812. The van der Waals surface area contributed by atoms with Gasteiger partial charge in [-0.15, -0.1) is 0 Å². The molecule has 4 nitrogen and oxygen atoms in total. The van der Waals surface area contributed by atoms with E-state index in [1.165, 1.54) is 24.3 Å². The Morgan fingerprint density at radius 1 is 1.29 bits per heavy atom. The summed E-state index contributed by atoms with van der Waals surface area (Å²) in [5, 5.41) is 12.1.